The van der Waals surface area contributed by atoms with Crippen molar-refractivity contribution in [2.75, 3.05) is 13.4 Å². The van der Waals surface area contributed by atoms with Gasteiger partial charge in [-0.05, 0) is 36.6 Å². The van der Waals surface area contributed by atoms with Gasteiger partial charge in [0.05, 0.1) is 5.71 Å². The standard InChI is InChI=1S/C18H15N3O6S/c1-11(12-2-3-14-15(6-12)25-10-24-14)20-26-8-17(22)23-7-16-19-18(21-27-16)13-4-5-28-9-13/h2-6,9H,7-8,10H2,1H3/b20-11+. The van der Waals surface area contributed by atoms with Crippen molar-refractivity contribution in [3.8, 4) is 22.9 Å². The van der Waals surface area contributed by atoms with Gasteiger partial charge in [-0.1, -0.05) is 10.3 Å². The Morgan fingerprint density at radius 2 is 2.18 bits per heavy atom. The van der Waals surface area contributed by atoms with E-state index >= 15 is 0 Å². The Labute approximate surface area is 163 Å². The minimum absolute atomic E-state index is 0.135. The smallest absolute Gasteiger partial charge is 0.347 e. The number of carbonyl (C=O) groups excluding carboxylic acids is 1. The monoisotopic (exact) mass is 401 g/mol. The van der Waals surface area contributed by atoms with E-state index in [0.717, 1.165) is 11.1 Å². The molecule has 0 amide bonds. The molecule has 0 saturated carbocycles. The minimum Gasteiger partial charge on any atom is -0.454 e. The van der Waals surface area contributed by atoms with Gasteiger partial charge in [0, 0.05) is 16.5 Å². The van der Waals surface area contributed by atoms with Gasteiger partial charge in [-0.15, -0.1) is 0 Å². The van der Waals surface area contributed by atoms with Crippen LogP contribution in [0, 0.1) is 0 Å². The van der Waals surface area contributed by atoms with Gasteiger partial charge in [-0.25, -0.2) is 4.79 Å². The number of fused-ring (bicyclic) bond motifs is 1. The van der Waals surface area contributed by atoms with E-state index in [4.69, 9.17) is 23.6 Å². The summed E-state index contributed by atoms with van der Waals surface area (Å²) in [5.74, 6) is 1.39. The Morgan fingerprint density at radius 1 is 1.29 bits per heavy atom. The molecule has 144 valence electrons. The SMILES string of the molecule is C/C(=N\OCC(=O)OCc1nc(-c2ccsc2)no1)c1ccc2c(c1)OCO2. The van der Waals surface area contributed by atoms with E-state index < -0.39 is 5.97 Å². The highest BCUT2D eigenvalue weighted by molar-refractivity contribution is 7.08. The number of hydrogen-bond donors (Lipinski definition) is 0. The Hall–Kier alpha value is -3.40. The zero-order valence-corrected chi connectivity index (χ0v) is 15.6. The quantitative estimate of drug-likeness (QED) is 0.338. The molecule has 0 bridgehead atoms. The molecule has 0 spiro atoms. The summed E-state index contributed by atoms with van der Waals surface area (Å²) in [6, 6.07) is 7.29. The first-order valence-electron chi connectivity index (χ1n) is 8.26. The molecule has 0 fully saturated rings. The van der Waals surface area contributed by atoms with Gasteiger partial charge in [0.25, 0.3) is 5.89 Å². The molecule has 4 rings (SSSR count). The van der Waals surface area contributed by atoms with Crippen LogP contribution in [0.4, 0.5) is 0 Å². The number of ether oxygens (including phenoxy) is 3. The summed E-state index contributed by atoms with van der Waals surface area (Å²) < 4.78 is 20.7. The predicted octanol–water partition coefficient (Wildman–Crippen LogP) is 3.01. The van der Waals surface area contributed by atoms with Crippen LogP contribution in [0.25, 0.3) is 11.4 Å². The lowest BCUT2D eigenvalue weighted by Crippen LogP contribution is -2.11. The number of rotatable bonds is 7. The average Bonchev–Trinajstić information content (AvgIpc) is 3.46. The van der Waals surface area contributed by atoms with Crippen LogP contribution in [0.2, 0.25) is 0 Å². The van der Waals surface area contributed by atoms with Crippen molar-refractivity contribution in [1.82, 2.24) is 10.1 Å². The Kier molecular flexibility index (Phi) is 5.20. The number of nitrogens with zero attached hydrogens (tertiary/aromatic N) is 3. The molecule has 2 aromatic heterocycles. The van der Waals surface area contributed by atoms with Crippen LogP contribution < -0.4 is 9.47 Å². The fourth-order valence-electron chi connectivity index (χ4n) is 2.36. The molecule has 0 N–H and O–H groups in total. The summed E-state index contributed by atoms with van der Waals surface area (Å²) in [5, 5.41) is 11.6. The van der Waals surface area contributed by atoms with Crippen LogP contribution in [0.5, 0.6) is 11.5 Å². The zero-order valence-electron chi connectivity index (χ0n) is 14.8. The van der Waals surface area contributed by atoms with E-state index in [-0.39, 0.29) is 25.9 Å². The molecular formula is C18H15N3O6S. The van der Waals surface area contributed by atoms with Crippen molar-refractivity contribution >= 4 is 23.0 Å². The van der Waals surface area contributed by atoms with Crippen LogP contribution in [-0.2, 0) is 21.0 Å². The average molecular weight is 401 g/mol. The van der Waals surface area contributed by atoms with E-state index in [9.17, 15) is 4.79 Å². The molecule has 10 heteroatoms. The molecule has 0 aliphatic carbocycles. The second-order valence-electron chi connectivity index (χ2n) is 5.70. The number of esters is 1. The molecular weight excluding hydrogens is 386 g/mol. The van der Waals surface area contributed by atoms with E-state index in [2.05, 4.69) is 15.3 Å². The van der Waals surface area contributed by atoms with E-state index in [0.29, 0.717) is 23.0 Å². The third-order valence-corrected chi connectivity index (χ3v) is 4.46. The normalized spacial score (nSPS) is 12.8. The fourth-order valence-corrected chi connectivity index (χ4v) is 3.00. The van der Waals surface area contributed by atoms with Gasteiger partial charge in [-0.3, -0.25) is 0 Å². The summed E-state index contributed by atoms with van der Waals surface area (Å²) in [7, 11) is 0. The van der Waals surface area contributed by atoms with Crippen LogP contribution in [0.1, 0.15) is 18.4 Å². The number of aromatic nitrogens is 2. The Bertz CT molecular complexity index is 999. The molecule has 0 atom stereocenters. The topological polar surface area (TPSA) is 105 Å². The van der Waals surface area contributed by atoms with Gasteiger partial charge >= 0.3 is 5.97 Å². The van der Waals surface area contributed by atoms with Gasteiger partial charge < -0.3 is 23.6 Å². The molecule has 0 unspecified atom stereocenters. The highest BCUT2D eigenvalue weighted by atomic mass is 32.1. The number of carbonyl (C=O) groups is 1. The number of hydrogen-bond acceptors (Lipinski definition) is 10. The van der Waals surface area contributed by atoms with Crippen molar-refractivity contribution < 1.29 is 28.4 Å². The zero-order chi connectivity index (χ0) is 19.3. The van der Waals surface area contributed by atoms with Gasteiger partial charge in [0.1, 0.15) is 0 Å². The van der Waals surface area contributed by atoms with Crippen LogP contribution >= 0.6 is 11.3 Å². The summed E-state index contributed by atoms with van der Waals surface area (Å²) >= 11 is 1.53. The second-order valence-corrected chi connectivity index (χ2v) is 6.48. The van der Waals surface area contributed by atoms with E-state index in [1.54, 1.807) is 19.1 Å². The molecule has 3 aromatic rings. The molecule has 1 aliphatic rings. The fraction of sp³-hybridized carbons (Fsp3) is 0.222. The molecule has 28 heavy (non-hydrogen) atoms. The van der Waals surface area contributed by atoms with Gasteiger partial charge in [0.15, 0.2) is 18.1 Å². The van der Waals surface area contributed by atoms with Crippen LogP contribution in [-0.4, -0.2) is 35.2 Å². The lowest BCUT2D eigenvalue weighted by molar-refractivity contribution is -0.151. The Morgan fingerprint density at radius 3 is 3.04 bits per heavy atom. The predicted molar refractivity (Wildman–Crippen MR) is 98.1 cm³/mol. The highest BCUT2D eigenvalue weighted by Gasteiger charge is 2.15. The first-order chi connectivity index (χ1) is 13.7. The summed E-state index contributed by atoms with van der Waals surface area (Å²) in [6.45, 7) is 1.48. The summed E-state index contributed by atoms with van der Waals surface area (Å²) in [5.41, 5.74) is 2.23. The lowest BCUT2D eigenvalue weighted by atomic mass is 10.1. The largest absolute Gasteiger partial charge is 0.454 e. The number of benzene rings is 1. The van der Waals surface area contributed by atoms with Crippen LogP contribution in [0.15, 0.2) is 44.7 Å². The van der Waals surface area contributed by atoms with Gasteiger partial charge in [0.2, 0.25) is 19.2 Å². The molecule has 0 saturated heterocycles. The van der Waals surface area contributed by atoms with E-state index in [1.165, 1.54) is 11.3 Å². The van der Waals surface area contributed by atoms with Crippen molar-refractivity contribution in [3.05, 3.63) is 46.5 Å². The summed E-state index contributed by atoms with van der Waals surface area (Å²) in [6.07, 6.45) is 0. The third-order valence-electron chi connectivity index (χ3n) is 3.78. The first kappa shape index (κ1) is 18.0. The third kappa shape index (κ3) is 4.12. The molecule has 1 aromatic carbocycles. The van der Waals surface area contributed by atoms with Gasteiger partial charge in [-0.2, -0.15) is 16.3 Å². The molecule has 9 nitrogen and oxygen atoms in total. The van der Waals surface area contributed by atoms with E-state index in [1.807, 2.05) is 22.9 Å². The maximum absolute atomic E-state index is 11.8. The number of thiophene rings is 1. The first-order valence-corrected chi connectivity index (χ1v) is 9.20. The van der Waals surface area contributed by atoms with Crippen LogP contribution in [0.3, 0.4) is 0 Å². The maximum Gasteiger partial charge on any atom is 0.347 e. The highest BCUT2D eigenvalue weighted by Crippen LogP contribution is 2.32. The summed E-state index contributed by atoms with van der Waals surface area (Å²) in [4.78, 5) is 21.0. The molecule has 3 heterocycles. The minimum atomic E-state index is -0.600. The van der Waals surface area contributed by atoms with Crippen molar-refractivity contribution in [1.29, 1.82) is 0 Å². The Balaban J connectivity index is 1.25. The van der Waals surface area contributed by atoms with Crippen molar-refractivity contribution in [2.45, 2.75) is 13.5 Å². The number of oxime groups is 1. The van der Waals surface area contributed by atoms with Crippen molar-refractivity contribution in [2.24, 2.45) is 5.16 Å². The molecule has 0 radical (unpaired) electrons. The molecule has 1 aliphatic heterocycles. The van der Waals surface area contributed by atoms with Crippen molar-refractivity contribution in [3.63, 3.8) is 0 Å². The lowest BCUT2D eigenvalue weighted by Gasteiger charge is -2.04. The second kappa shape index (κ2) is 8.09. The maximum atomic E-state index is 11.8.